The zero-order valence-corrected chi connectivity index (χ0v) is 18.4. The molecule has 5 rings (SSSR count). The van der Waals surface area contributed by atoms with Gasteiger partial charge in [0, 0.05) is 19.1 Å². The van der Waals surface area contributed by atoms with Crippen LogP contribution in [0.3, 0.4) is 0 Å². The van der Waals surface area contributed by atoms with E-state index in [1.165, 1.54) is 4.57 Å². The number of alkyl halides is 2. The first-order valence-corrected chi connectivity index (χ1v) is 11.2. The van der Waals surface area contributed by atoms with Crippen molar-refractivity contribution in [2.75, 3.05) is 36.5 Å². The molecule has 0 bridgehead atoms. The number of hydrogen-bond acceptors (Lipinski definition) is 8. The molecule has 0 unspecified atom stereocenters. The van der Waals surface area contributed by atoms with Gasteiger partial charge in [0.15, 0.2) is 5.82 Å². The number of imidazole rings is 1. The minimum atomic E-state index is -2.79. The number of rotatable bonds is 5. The molecule has 1 saturated heterocycles. The maximum absolute atomic E-state index is 13.9. The molecule has 11 heteroatoms. The van der Waals surface area contributed by atoms with E-state index in [-0.39, 0.29) is 12.0 Å². The second-order valence-electron chi connectivity index (χ2n) is 8.87. The molecule has 2 N–H and O–H groups in total. The summed E-state index contributed by atoms with van der Waals surface area (Å²) in [5.74, 6) is 0.424. The summed E-state index contributed by atoms with van der Waals surface area (Å²) in [5.41, 5.74) is 0.292. The number of anilines is 2. The van der Waals surface area contributed by atoms with Gasteiger partial charge in [-0.25, -0.2) is 13.8 Å². The van der Waals surface area contributed by atoms with Crippen LogP contribution < -0.4 is 10.2 Å². The lowest BCUT2D eigenvalue weighted by atomic mass is 9.84. The van der Waals surface area contributed by atoms with Crippen LogP contribution in [-0.2, 0) is 4.74 Å². The average molecular weight is 460 g/mol. The molecule has 1 aromatic carbocycles. The number of halogens is 2. The van der Waals surface area contributed by atoms with Gasteiger partial charge in [-0.15, -0.1) is 0 Å². The van der Waals surface area contributed by atoms with Crippen molar-refractivity contribution in [1.82, 2.24) is 24.5 Å². The van der Waals surface area contributed by atoms with E-state index in [1.54, 1.807) is 24.3 Å². The van der Waals surface area contributed by atoms with E-state index in [4.69, 9.17) is 4.74 Å². The van der Waals surface area contributed by atoms with Gasteiger partial charge >= 0.3 is 0 Å². The summed E-state index contributed by atoms with van der Waals surface area (Å²) in [6.07, 6.45) is 0.0632. The van der Waals surface area contributed by atoms with Crippen molar-refractivity contribution >= 4 is 22.9 Å². The van der Waals surface area contributed by atoms with Gasteiger partial charge in [0.25, 0.3) is 6.43 Å². The molecule has 176 valence electrons. The monoisotopic (exact) mass is 459 g/mol. The normalized spacial score (nSPS) is 23.9. The maximum Gasteiger partial charge on any atom is 0.296 e. The summed E-state index contributed by atoms with van der Waals surface area (Å²) in [6.45, 7) is 4.12. The smallest absolute Gasteiger partial charge is 0.296 e. The lowest BCUT2D eigenvalue weighted by Crippen LogP contribution is -2.38. The van der Waals surface area contributed by atoms with E-state index in [9.17, 15) is 13.9 Å². The molecule has 1 aliphatic heterocycles. The van der Waals surface area contributed by atoms with Gasteiger partial charge in [-0.3, -0.25) is 4.57 Å². The molecule has 3 heterocycles. The quantitative estimate of drug-likeness (QED) is 0.600. The Kier molecular flexibility index (Phi) is 5.83. The van der Waals surface area contributed by atoms with Gasteiger partial charge in [-0.05, 0) is 44.7 Å². The molecule has 0 spiro atoms. The van der Waals surface area contributed by atoms with Crippen LogP contribution in [0.4, 0.5) is 20.7 Å². The van der Waals surface area contributed by atoms with Gasteiger partial charge in [-0.1, -0.05) is 12.1 Å². The number of ether oxygens (including phenoxy) is 1. The predicted octanol–water partition coefficient (Wildman–Crippen LogP) is 3.09. The third kappa shape index (κ3) is 4.60. The lowest BCUT2D eigenvalue weighted by Gasteiger charge is -2.33. The number of nitrogens with one attached hydrogen (secondary N) is 1. The van der Waals surface area contributed by atoms with Gasteiger partial charge in [-0.2, -0.15) is 15.0 Å². The molecule has 2 aromatic heterocycles. The van der Waals surface area contributed by atoms with Gasteiger partial charge in [0.2, 0.25) is 17.8 Å². The molecular weight excluding hydrogens is 432 g/mol. The number of fused-ring (bicyclic) bond motifs is 1. The zero-order valence-electron chi connectivity index (χ0n) is 18.4. The fraction of sp³-hybridized carbons (Fsp3) is 0.545. The van der Waals surface area contributed by atoms with E-state index >= 15 is 0 Å². The van der Waals surface area contributed by atoms with Crippen molar-refractivity contribution in [2.24, 2.45) is 0 Å². The predicted molar refractivity (Wildman–Crippen MR) is 119 cm³/mol. The molecule has 0 amide bonds. The first-order valence-electron chi connectivity index (χ1n) is 11.2. The first-order chi connectivity index (χ1) is 15.9. The van der Waals surface area contributed by atoms with Gasteiger partial charge < -0.3 is 20.1 Å². The van der Waals surface area contributed by atoms with Crippen LogP contribution in [0.25, 0.3) is 17.0 Å². The maximum atomic E-state index is 13.9. The summed E-state index contributed by atoms with van der Waals surface area (Å²) in [4.78, 5) is 19.8. The van der Waals surface area contributed by atoms with E-state index in [0.717, 1.165) is 12.8 Å². The number of benzene rings is 1. The third-order valence-corrected chi connectivity index (χ3v) is 6.28. The molecule has 9 nitrogen and oxygen atoms in total. The van der Waals surface area contributed by atoms with E-state index < -0.39 is 17.9 Å². The standard InChI is InChI=1S/C22H27F2N7O2/c1-22(32)8-6-14(7-9-22)25-19-27-20(30-10-12-33-13-11-30)29-21(28-19)31-16-5-3-2-4-15(16)26-18(31)17(23)24/h2-5,14,17,32H,6-13H2,1H3,(H,25,27,28,29)/t14-,22-. The number of aromatic nitrogens is 5. The van der Waals surface area contributed by atoms with E-state index in [0.29, 0.717) is 62.1 Å². The topological polar surface area (TPSA) is 101 Å². The number of morpholine rings is 1. The number of hydrogen-bond donors (Lipinski definition) is 2. The number of nitrogens with zero attached hydrogens (tertiary/aromatic N) is 6. The molecule has 3 aromatic rings. The summed E-state index contributed by atoms with van der Waals surface area (Å²) in [6, 6.07) is 7.02. The zero-order chi connectivity index (χ0) is 23.0. The van der Waals surface area contributed by atoms with Gasteiger partial charge in [0.05, 0.1) is 29.8 Å². The second-order valence-corrected chi connectivity index (χ2v) is 8.87. The summed E-state index contributed by atoms with van der Waals surface area (Å²) in [5, 5.41) is 13.6. The van der Waals surface area contributed by atoms with Crippen LogP contribution in [0.1, 0.15) is 44.9 Å². The van der Waals surface area contributed by atoms with Crippen LogP contribution in [0, 0.1) is 0 Å². The Hall–Kier alpha value is -2.92. The minimum Gasteiger partial charge on any atom is -0.390 e. The van der Waals surface area contributed by atoms with Crippen LogP contribution in [-0.4, -0.2) is 67.6 Å². The highest BCUT2D eigenvalue weighted by molar-refractivity contribution is 5.77. The molecule has 1 aliphatic carbocycles. The minimum absolute atomic E-state index is 0.0760. The number of para-hydroxylation sites is 2. The Morgan fingerprint density at radius 2 is 1.76 bits per heavy atom. The van der Waals surface area contributed by atoms with Gasteiger partial charge in [0.1, 0.15) is 0 Å². The summed E-state index contributed by atoms with van der Waals surface area (Å²) < 4.78 is 34.6. The molecule has 2 fully saturated rings. The lowest BCUT2D eigenvalue weighted by molar-refractivity contribution is 0.0195. The van der Waals surface area contributed by atoms with Crippen molar-refractivity contribution in [1.29, 1.82) is 0 Å². The van der Waals surface area contributed by atoms with Crippen molar-refractivity contribution < 1.29 is 18.6 Å². The van der Waals surface area contributed by atoms with Crippen LogP contribution in [0.15, 0.2) is 24.3 Å². The van der Waals surface area contributed by atoms with Crippen molar-refractivity contribution in [3.8, 4) is 5.95 Å². The summed E-state index contributed by atoms with van der Waals surface area (Å²) >= 11 is 0. The highest BCUT2D eigenvalue weighted by atomic mass is 19.3. The van der Waals surface area contributed by atoms with Crippen LogP contribution >= 0.6 is 0 Å². The molecule has 1 saturated carbocycles. The second kappa shape index (κ2) is 8.79. The number of aliphatic hydroxyl groups is 1. The largest absolute Gasteiger partial charge is 0.390 e. The SMILES string of the molecule is C[C@]1(O)CC[C@H](Nc2nc(N3CCOCC3)nc(-n3c(C(F)F)nc4ccccc43)n2)CC1. The first kappa shape index (κ1) is 21.9. The Morgan fingerprint density at radius 3 is 2.48 bits per heavy atom. The molecular formula is C22H27F2N7O2. The third-order valence-electron chi connectivity index (χ3n) is 6.28. The van der Waals surface area contributed by atoms with Crippen molar-refractivity contribution in [2.45, 2.75) is 50.7 Å². The van der Waals surface area contributed by atoms with Crippen molar-refractivity contribution in [3.63, 3.8) is 0 Å². The molecule has 2 aliphatic rings. The van der Waals surface area contributed by atoms with Crippen LogP contribution in [0.2, 0.25) is 0 Å². The van der Waals surface area contributed by atoms with Crippen LogP contribution in [0.5, 0.6) is 0 Å². The Labute approximate surface area is 189 Å². The van der Waals surface area contributed by atoms with E-state index in [2.05, 4.69) is 25.3 Å². The Morgan fingerprint density at radius 1 is 1.06 bits per heavy atom. The fourth-order valence-electron chi connectivity index (χ4n) is 4.39. The molecule has 33 heavy (non-hydrogen) atoms. The van der Waals surface area contributed by atoms with Crippen molar-refractivity contribution in [3.05, 3.63) is 30.1 Å². The Bertz CT molecular complexity index is 1120. The highest BCUT2D eigenvalue weighted by Gasteiger charge is 2.30. The highest BCUT2D eigenvalue weighted by Crippen LogP contribution is 2.30. The fourth-order valence-corrected chi connectivity index (χ4v) is 4.39. The molecule has 0 radical (unpaired) electrons. The summed E-state index contributed by atoms with van der Waals surface area (Å²) in [7, 11) is 0. The molecule has 0 atom stereocenters. The van der Waals surface area contributed by atoms with E-state index in [1.807, 2.05) is 11.8 Å². The Balaban J connectivity index is 1.56. The average Bonchev–Trinajstić information content (AvgIpc) is 3.21.